The van der Waals surface area contributed by atoms with Crippen LogP contribution in [0.2, 0.25) is 0 Å². The summed E-state index contributed by atoms with van der Waals surface area (Å²) in [5.74, 6) is -0.462. The van der Waals surface area contributed by atoms with Gasteiger partial charge in [0.1, 0.15) is 0 Å². The number of ether oxygens (including phenoxy) is 1. The average molecular weight is 378 g/mol. The van der Waals surface area contributed by atoms with Gasteiger partial charge in [0, 0.05) is 39.1 Å². The summed E-state index contributed by atoms with van der Waals surface area (Å²) in [4.78, 5) is 29.5. The summed E-state index contributed by atoms with van der Waals surface area (Å²) in [5.41, 5.74) is 4.03. The summed E-state index contributed by atoms with van der Waals surface area (Å²) in [7, 11) is 0. The lowest BCUT2D eigenvalue weighted by molar-refractivity contribution is -0.141. The van der Waals surface area contributed by atoms with Crippen LogP contribution < -0.4 is 0 Å². The summed E-state index contributed by atoms with van der Waals surface area (Å²) in [6, 6.07) is 16.0. The molecule has 0 bridgehead atoms. The van der Waals surface area contributed by atoms with E-state index in [1.165, 1.54) is 11.1 Å². The molecule has 0 aliphatic carbocycles. The predicted octanol–water partition coefficient (Wildman–Crippen LogP) is 2.81. The zero-order valence-corrected chi connectivity index (χ0v) is 16.3. The van der Waals surface area contributed by atoms with E-state index in [4.69, 9.17) is 4.74 Å². The molecule has 1 amide bonds. The Hall–Kier alpha value is -2.66. The second-order valence-electron chi connectivity index (χ2n) is 7.70. The fraction of sp³-hybridized carbons (Fsp3) is 0.391. The van der Waals surface area contributed by atoms with E-state index in [2.05, 4.69) is 36.1 Å². The summed E-state index contributed by atoms with van der Waals surface area (Å²) in [5, 5.41) is 0. The van der Waals surface area contributed by atoms with Crippen LogP contribution in [0.1, 0.15) is 33.5 Å². The first-order valence-electron chi connectivity index (χ1n) is 9.96. The molecule has 0 radical (unpaired) electrons. The molecule has 5 nitrogen and oxygen atoms in total. The summed E-state index contributed by atoms with van der Waals surface area (Å²) < 4.78 is 5.46. The fourth-order valence-corrected chi connectivity index (χ4v) is 3.97. The molecule has 1 atom stereocenters. The van der Waals surface area contributed by atoms with Crippen molar-refractivity contribution in [1.82, 2.24) is 9.80 Å². The number of nitrogens with zero attached hydrogens (tertiary/aromatic N) is 2. The first kappa shape index (κ1) is 18.7. The van der Waals surface area contributed by atoms with Crippen LogP contribution in [0, 0.1) is 6.92 Å². The van der Waals surface area contributed by atoms with Crippen LogP contribution >= 0.6 is 0 Å². The van der Waals surface area contributed by atoms with Gasteiger partial charge in [0.2, 0.25) is 0 Å². The maximum atomic E-state index is 13.0. The van der Waals surface area contributed by atoms with Crippen LogP contribution in [0.15, 0.2) is 48.5 Å². The molecule has 1 fully saturated rings. The smallest absolute Gasteiger partial charge is 0.339 e. The third-order valence-corrected chi connectivity index (χ3v) is 5.59. The second-order valence-corrected chi connectivity index (χ2v) is 7.70. The Balaban J connectivity index is 1.37. The van der Waals surface area contributed by atoms with E-state index in [0.717, 1.165) is 31.6 Å². The van der Waals surface area contributed by atoms with Crippen LogP contribution in [0.4, 0.5) is 0 Å². The number of rotatable bonds is 3. The van der Waals surface area contributed by atoms with Crippen molar-refractivity contribution in [1.29, 1.82) is 0 Å². The van der Waals surface area contributed by atoms with E-state index in [-0.39, 0.29) is 5.91 Å². The molecule has 5 heteroatoms. The highest BCUT2D eigenvalue weighted by Crippen LogP contribution is 2.22. The van der Waals surface area contributed by atoms with Gasteiger partial charge in [-0.25, -0.2) is 4.79 Å². The van der Waals surface area contributed by atoms with Gasteiger partial charge in [0.05, 0.1) is 5.56 Å². The Bertz CT molecular complexity index is 862. The van der Waals surface area contributed by atoms with Crippen molar-refractivity contribution in [3.05, 3.63) is 70.8 Å². The number of amides is 1. The molecule has 0 N–H and O–H groups in total. The number of hydrogen-bond acceptors (Lipinski definition) is 4. The van der Waals surface area contributed by atoms with Crippen LogP contribution in [0.25, 0.3) is 0 Å². The largest absolute Gasteiger partial charge is 0.448 e. The molecule has 2 heterocycles. The van der Waals surface area contributed by atoms with Crippen molar-refractivity contribution in [3.8, 4) is 0 Å². The maximum Gasteiger partial charge on any atom is 0.339 e. The van der Waals surface area contributed by atoms with E-state index in [1.54, 1.807) is 6.07 Å². The number of hydrogen-bond donors (Lipinski definition) is 0. The molecule has 2 aliphatic heterocycles. The van der Waals surface area contributed by atoms with Crippen LogP contribution in [0.3, 0.4) is 0 Å². The fourth-order valence-electron chi connectivity index (χ4n) is 3.97. The quantitative estimate of drug-likeness (QED) is 0.771. The SMILES string of the molecule is Cc1ccc(CN2CCCN(C(=O)[C@@H]3Cc4ccccc4C(=O)O3)CC2)cc1. The highest BCUT2D eigenvalue weighted by molar-refractivity contribution is 5.95. The number of aryl methyl sites for hydroxylation is 1. The molecular weight excluding hydrogens is 352 g/mol. The molecule has 0 aromatic heterocycles. The standard InChI is InChI=1S/C23H26N2O3/c1-17-7-9-18(10-8-17)16-24-11-4-12-25(14-13-24)22(26)21-15-19-5-2-3-6-20(19)23(27)28-21/h2-3,5-10,21H,4,11-16H2,1H3/t21-/m0/s1. The van der Waals surface area contributed by atoms with Gasteiger partial charge >= 0.3 is 5.97 Å². The minimum absolute atomic E-state index is 0.0694. The lowest BCUT2D eigenvalue weighted by Gasteiger charge is -2.29. The number of fused-ring (bicyclic) bond motifs is 1. The molecular formula is C23H26N2O3. The Kier molecular flexibility index (Phi) is 5.44. The van der Waals surface area contributed by atoms with Gasteiger partial charge in [-0.15, -0.1) is 0 Å². The van der Waals surface area contributed by atoms with E-state index in [1.807, 2.05) is 23.1 Å². The van der Waals surface area contributed by atoms with E-state index in [9.17, 15) is 9.59 Å². The summed E-state index contributed by atoms with van der Waals surface area (Å²) in [6.07, 6.45) is 0.685. The highest BCUT2D eigenvalue weighted by atomic mass is 16.5. The van der Waals surface area contributed by atoms with E-state index >= 15 is 0 Å². The van der Waals surface area contributed by atoms with Gasteiger partial charge < -0.3 is 9.64 Å². The monoisotopic (exact) mass is 378 g/mol. The lowest BCUT2D eigenvalue weighted by Crippen LogP contribution is -2.45. The van der Waals surface area contributed by atoms with Crippen molar-refractivity contribution in [2.24, 2.45) is 0 Å². The molecule has 0 saturated carbocycles. The predicted molar refractivity (Wildman–Crippen MR) is 107 cm³/mol. The zero-order valence-electron chi connectivity index (χ0n) is 16.3. The number of carbonyl (C=O) groups excluding carboxylic acids is 2. The average Bonchev–Trinajstić information content (AvgIpc) is 2.95. The number of benzene rings is 2. The van der Waals surface area contributed by atoms with Gasteiger partial charge in [0.25, 0.3) is 5.91 Å². The Morgan fingerprint density at radius 3 is 2.64 bits per heavy atom. The highest BCUT2D eigenvalue weighted by Gasteiger charge is 2.34. The Morgan fingerprint density at radius 1 is 1.04 bits per heavy atom. The minimum atomic E-state index is -0.703. The molecule has 2 aromatic carbocycles. The van der Waals surface area contributed by atoms with Crippen molar-refractivity contribution >= 4 is 11.9 Å². The number of esters is 1. The van der Waals surface area contributed by atoms with Gasteiger partial charge in [-0.05, 0) is 30.5 Å². The molecule has 1 saturated heterocycles. The van der Waals surface area contributed by atoms with Crippen molar-refractivity contribution in [2.75, 3.05) is 26.2 Å². The van der Waals surface area contributed by atoms with Gasteiger partial charge in [-0.1, -0.05) is 48.0 Å². The number of cyclic esters (lactones) is 1. The van der Waals surface area contributed by atoms with Crippen LogP contribution in [-0.4, -0.2) is 54.0 Å². The maximum absolute atomic E-state index is 13.0. The van der Waals surface area contributed by atoms with E-state index < -0.39 is 12.1 Å². The molecule has 146 valence electrons. The molecule has 28 heavy (non-hydrogen) atoms. The topological polar surface area (TPSA) is 49.9 Å². The summed E-state index contributed by atoms with van der Waals surface area (Å²) in [6.45, 7) is 6.16. The molecule has 0 spiro atoms. The van der Waals surface area contributed by atoms with E-state index in [0.29, 0.717) is 25.1 Å². The Morgan fingerprint density at radius 2 is 1.82 bits per heavy atom. The minimum Gasteiger partial charge on any atom is -0.448 e. The van der Waals surface area contributed by atoms with Crippen LogP contribution in [0.5, 0.6) is 0 Å². The number of carbonyl (C=O) groups is 2. The molecule has 4 rings (SSSR count). The van der Waals surface area contributed by atoms with Crippen molar-refractivity contribution < 1.29 is 14.3 Å². The summed E-state index contributed by atoms with van der Waals surface area (Å²) >= 11 is 0. The normalized spacial score (nSPS) is 20.2. The molecule has 2 aromatic rings. The first-order valence-corrected chi connectivity index (χ1v) is 9.96. The van der Waals surface area contributed by atoms with Crippen LogP contribution in [-0.2, 0) is 22.5 Å². The third-order valence-electron chi connectivity index (χ3n) is 5.59. The van der Waals surface area contributed by atoms with Gasteiger partial charge in [-0.3, -0.25) is 9.69 Å². The van der Waals surface area contributed by atoms with Crippen molar-refractivity contribution in [2.45, 2.75) is 32.4 Å². The van der Waals surface area contributed by atoms with Gasteiger partial charge in [-0.2, -0.15) is 0 Å². The Labute approximate surface area is 165 Å². The molecule has 2 aliphatic rings. The first-order chi connectivity index (χ1) is 13.6. The lowest BCUT2D eigenvalue weighted by atomic mass is 9.98. The zero-order chi connectivity index (χ0) is 19.5. The van der Waals surface area contributed by atoms with Crippen molar-refractivity contribution in [3.63, 3.8) is 0 Å². The third kappa shape index (κ3) is 4.09. The molecule has 0 unspecified atom stereocenters. The second kappa shape index (κ2) is 8.15. The van der Waals surface area contributed by atoms with Gasteiger partial charge in [0.15, 0.2) is 6.10 Å².